The molecule has 0 saturated carbocycles. The highest BCUT2D eigenvalue weighted by Crippen LogP contribution is 2.37. The predicted molar refractivity (Wildman–Crippen MR) is 61.0 cm³/mol. The van der Waals surface area contributed by atoms with Crippen LogP contribution in [0.1, 0.15) is 6.42 Å². The molecule has 2 rings (SSSR count). The van der Waals surface area contributed by atoms with Crippen LogP contribution in [0.15, 0.2) is 18.2 Å². The maximum Gasteiger partial charge on any atom is 0.203 e. The molecule has 0 spiro atoms. The van der Waals surface area contributed by atoms with E-state index in [0.29, 0.717) is 11.5 Å². The average Bonchev–Trinajstić information content (AvgIpc) is 2.71. The van der Waals surface area contributed by atoms with E-state index in [2.05, 4.69) is 0 Å². The molecule has 1 heterocycles. The SMILES string of the molecule is COc1c(O)cccc1OC1CCSC1. The van der Waals surface area contributed by atoms with Gasteiger partial charge in [0.25, 0.3) is 0 Å². The van der Waals surface area contributed by atoms with E-state index in [4.69, 9.17) is 9.47 Å². The smallest absolute Gasteiger partial charge is 0.203 e. The average molecular weight is 226 g/mol. The summed E-state index contributed by atoms with van der Waals surface area (Å²) in [5.41, 5.74) is 0. The quantitative estimate of drug-likeness (QED) is 0.858. The molecule has 1 aliphatic heterocycles. The lowest BCUT2D eigenvalue weighted by Crippen LogP contribution is -2.15. The fourth-order valence-electron chi connectivity index (χ4n) is 1.59. The lowest BCUT2D eigenvalue weighted by Gasteiger charge is -2.15. The number of benzene rings is 1. The van der Waals surface area contributed by atoms with Gasteiger partial charge in [0.1, 0.15) is 6.10 Å². The van der Waals surface area contributed by atoms with Crippen LogP contribution in [0, 0.1) is 0 Å². The van der Waals surface area contributed by atoms with Crippen LogP contribution < -0.4 is 9.47 Å². The second-order valence-electron chi connectivity index (χ2n) is 3.41. The van der Waals surface area contributed by atoms with Crippen LogP contribution in [0.3, 0.4) is 0 Å². The molecule has 82 valence electrons. The zero-order chi connectivity index (χ0) is 10.7. The summed E-state index contributed by atoms with van der Waals surface area (Å²) in [6.45, 7) is 0. The second kappa shape index (κ2) is 4.66. The largest absolute Gasteiger partial charge is 0.504 e. The summed E-state index contributed by atoms with van der Waals surface area (Å²) in [5.74, 6) is 3.34. The summed E-state index contributed by atoms with van der Waals surface area (Å²) in [5, 5.41) is 9.56. The molecule has 1 unspecified atom stereocenters. The van der Waals surface area contributed by atoms with Gasteiger partial charge in [0.05, 0.1) is 7.11 Å². The van der Waals surface area contributed by atoms with Gasteiger partial charge in [0.15, 0.2) is 11.5 Å². The highest BCUT2D eigenvalue weighted by Gasteiger charge is 2.19. The number of thioether (sulfide) groups is 1. The van der Waals surface area contributed by atoms with Crippen LogP contribution in [-0.4, -0.2) is 29.8 Å². The molecule has 15 heavy (non-hydrogen) atoms. The van der Waals surface area contributed by atoms with E-state index in [0.717, 1.165) is 17.9 Å². The molecule has 1 fully saturated rings. The molecule has 1 aromatic carbocycles. The molecular formula is C11H14O3S. The third-order valence-electron chi connectivity index (χ3n) is 2.34. The first-order valence-electron chi connectivity index (χ1n) is 4.91. The van der Waals surface area contributed by atoms with Gasteiger partial charge in [-0.15, -0.1) is 0 Å². The number of aromatic hydroxyl groups is 1. The van der Waals surface area contributed by atoms with E-state index in [9.17, 15) is 5.11 Å². The topological polar surface area (TPSA) is 38.7 Å². The summed E-state index contributed by atoms with van der Waals surface area (Å²) in [6, 6.07) is 5.17. The van der Waals surface area contributed by atoms with Crippen molar-refractivity contribution in [2.24, 2.45) is 0 Å². The Morgan fingerprint density at radius 1 is 1.47 bits per heavy atom. The van der Waals surface area contributed by atoms with Crippen LogP contribution in [0.2, 0.25) is 0 Å². The van der Waals surface area contributed by atoms with E-state index in [-0.39, 0.29) is 11.9 Å². The number of para-hydroxylation sites is 1. The Hall–Kier alpha value is -1.03. The molecule has 1 aliphatic rings. The Labute approximate surface area is 93.4 Å². The minimum Gasteiger partial charge on any atom is -0.504 e. The molecule has 4 heteroatoms. The van der Waals surface area contributed by atoms with E-state index in [1.807, 2.05) is 17.8 Å². The lowest BCUT2D eigenvalue weighted by molar-refractivity contribution is 0.216. The van der Waals surface area contributed by atoms with Crippen molar-refractivity contribution in [2.45, 2.75) is 12.5 Å². The van der Waals surface area contributed by atoms with Crippen molar-refractivity contribution >= 4 is 11.8 Å². The molecule has 0 radical (unpaired) electrons. The van der Waals surface area contributed by atoms with Gasteiger partial charge >= 0.3 is 0 Å². The first kappa shape index (κ1) is 10.5. The highest BCUT2D eigenvalue weighted by molar-refractivity contribution is 7.99. The van der Waals surface area contributed by atoms with E-state index in [1.54, 1.807) is 12.1 Å². The van der Waals surface area contributed by atoms with Crippen molar-refractivity contribution in [3.8, 4) is 17.2 Å². The van der Waals surface area contributed by atoms with Crippen molar-refractivity contribution in [3.63, 3.8) is 0 Å². The first-order chi connectivity index (χ1) is 7.31. The minimum absolute atomic E-state index is 0.126. The van der Waals surface area contributed by atoms with Crippen LogP contribution in [0.4, 0.5) is 0 Å². The molecule has 1 aromatic rings. The molecule has 0 bridgehead atoms. The molecule has 1 atom stereocenters. The number of ether oxygens (including phenoxy) is 2. The van der Waals surface area contributed by atoms with Crippen molar-refractivity contribution in [3.05, 3.63) is 18.2 Å². The van der Waals surface area contributed by atoms with Gasteiger partial charge in [-0.3, -0.25) is 0 Å². The van der Waals surface area contributed by atoms with Crippen molar-refractivity contribution < 1.29 is 14.6 Å². The Morgan fingerprint density at radius 2 is 2.33 bits per heavy atom. The first-order valence-corrected chi connectivity index (χ1v) is 6.07. The minimum atomic E-state index is 0.126. The Kier molecular flexibility index (Phi) is 3.26. The van der Waals surface area contributed by atoms with Gasteiger partial charge in [-0.2, -0.15) is 11.8 Å². The Bertz CT molecular complexity index is 335. The van der Waals surface area contributed by atoms with Crippen LogP contribution >= 0.6 is 11.8 Å². The summed E-state index contributed by atoms with van der Waals surface area (Å²) in [7, 11) is 1.53. The predicted octanol–water partition coefficient (Wildman–Crippen LogP) is 2.29. The van der Waals surface area contributed by atoms with Crippen LogP contribution in [0.25, 0.3) is 0 Å². The fourth-order valence-corrected chi connectivity index (χ4v) is 2.68. The summed E-state index contributed by atoms with van der Waals surface area (Å²) in [6.07, 6.45) is 1.30. The normalized spacial score (nSPS) is 20.2. The molecule has 3 nitrogen and oxygen atoms in total. The van der Waals surface area contributed by atoms with E-state index < -0.39 is 0 Å². The molecule has 0 amide bonds. The summed E-state index contributed by atoms with van der Waals surface area (Å²) >= 11 is 1.89. The molecule has 1 saturated heterocycles. The number of phenols is 1. The number of hydrogen-bond acceptors (Lipinski definition) is 4. The van der Waals surface area contributed by atoms with E-state index >= 15 is 0 Å². The van der Waals surface area contributed by atoms with Gasteiger partial charge < -0.3 is 14.6 Å². The van der Waals surface area contributed by atoms with E-state index in [1.165, 1.54) is 7.11 Å². The van der Waals surface area contributed by atoms with Gasteiger partial charge in [0.2, 0.25) is 5.75 Å². The molecular weight excluding hydrogens is 212 g/mol. The zero-order valence-corrected chi connectivity index (χ0v) is 9.42. The van der Waals surface area contributed by atoms with Gasteiger partial charge in [-0.1, -0.05) is 6.07 Å². The standard InChI is InChI=1S/C11H14O3S/c1-13-11-9(12)3-2-4-10(11)14-8-5-6-15-7-8/h2-4,8,12H,5-7H2,1H3. The lowest BCUT2D eigenvalue weighted by atomic mass is 10.2. The fraction of sp³-hybridized carbons (Fsp3) is 0.455. The number of methoxy groups -OCH3 is 1. The third kappa shape index (κ3) is 2.31. The highest BCUT2D eigenvalue weighted by atomic mass is 32.2. The zero-order valence-electron chi connectivity index (χ0n) is 8.60. The maximum absolute atomic E-state index is 9.56. The number of rotatable bonds is 3. The Balaban J connectivity index is 2.15. The van der Waals surface area contributed by atoms with Crippen molar-refractivity contribution in [1.82, 2.24) is 0 Å². The summed E-state index contributed by atoms with van der Waals surface area (Å²) in [4.78, 5) is 0. The number of hydrogen-bond donors (Lipinski definition) is 1. The van der Waals surface area contributed by atoms with Gasteiger partial charge in [0, 0.05) is 5.75 Å². The molecule has 1 N–H and O–H groups in total. The Morgan fingerprint density at radius 3 is 3.00 bits per heavy atom. The van der Waals surface area contributed by atoms with Crippen LogP contribution in [0.5, 0.6) is 17.2 Å². The maximum atomic E-state index is 9.56. The van der Waals surface area contributed by atoms with Gasteiger partial charge in [-0.25, -0.2) is 0 Å². The molecule has 0 aliphatic carbocycles. The van der Waals surface area contributed by atoms with Crippen molar-refractivity contribution in [1.29, 1.82) is 0 Å². The van der Waals surface area contributed by atoms with Gasteiger partial charge in [-0.05, 0) is 24.3 Å². The third-order valence-corrected chi connectivity index (χ3v) is 3.48. The molecule has 0 aromatic heterocycles. The second-order valence-corrected chi connectivity index (χ2v) is 4.56. The van der Waals surface area contributed by atoms with Crippen LogP contribution in [-0.2, 0) is 0 Å². The van der Waals surface area contributed by atoms with Crippen molar-refractivity contribution in [2.75, 3.05) is 18.6 Å². The number of phenolic OH excluding ortho intramolecular Hbond substituents is 1. The monoisotopic (exact) mass is 226 g/mol. The summed E-state index contributed by atoms with van der Waals surface area (Å²) < 4.78 is 10.9.